The first kappa shape index (κ1) is 32.5. The van der Waals surface area contributed by atoms with Gasteiger partial charge in [0.25, 0.3) is 0 Å². The Morgan fingerprint density at radius 1 is 0.977 bits per heavy atom. The second kappa shape index (κ2) is 14.9. The summed E-state index contributed by atoms with van der Waals surface area (Å²) in [5.74, 6) is 0.517. The summed E-state index contributed by atoms with van der Waals surface area (Å²) >= 11 is 6.13. The standard InChI is InChI=1S/C35H48ClN5O3/c1-24(2)22-41(30-15-19-40(23-30)25(3)42)29-13-17-39(18-14-29)35(44)33(20-26-8-10-28(36)11-9-26)38-34(43)21-32-31-7-5-4-6-27(31)12-16-37-32/h4-11,24,29-30,32-33,37H,12-23H2,1-3H3,(H,38,43). The normalized spacial score (nSPS) is 21.4. The first-order chi connectivity index (χ1) is 21.2. The first-order valence-corrected chi connectivity index (χ1v) is 16.7. The van der Waals surface area contributed by atoms with Crippen molar-refractivity contribution in [3.8, 4) is 0 Å². The number of hydrogen-bond donors (Lipinski definition) is 2. The van der Waals surface area contributed by atoms with Gasteiger partial charge in [-0.3, -0.25) is 19.3 Å². The van der Waals surface area contributed by atoms with Crippen LogP contribution in [-0.4, -0.2) is 89.8 Å². The summed E-state index contributed by atoms with van der Waals surface area (Å²) in [6.07, 6.45) is 4.43. The van der Waals surface area contributed by atoms with Crippen LogP contribution in [0.4, 0.5) is 0 Å². The second-order valence-electron chi connectivity index (χ2n) is 13.2. The van der Waals surface area contributed by atoms with Crippen molar-refractivity contribution in [3.05, 3.63) is 70.2 Å². The van der Waals surface area contributed by atoms with Crippen LogP contribution in [0.15, 0.2) is 48.5 Å². The van der Waals surface area contributed by atoms with Crippen LogP contribution in [0.1, 0.15) is 69.2 Å². The molecule has 0 aromatic heterocycles. The van der Waals surface area contributed by atoms with Crippen molar-refractivity contribution in [1.29, 1.82) is 0 Å². The fraction of sp³-hybridized carbons (Fsp3) is 0.571. The van der Waals surface area contributed by atoms with Gasteiger partial charge in [-0.25, -0.2) is 0 Å². The van der Waals surface area contributed by atoms with Gasteiger partial charge in [-0.2, -0.15) is 0 Å². The molecule has 3 aliphatic rings. The van der Waals surface area contributed by atoms with Crippen molar-refractivity contribution in [2.75, 3.05) is 39.3 Å². The van der Waals surface area contributed by atoms with Gasteiger partial charge in [0.1, 0.15) is 6.04 Å². The summed E-state index contributed by atoms with van der Waals surface area (Å²) in [6, 6.07) is 15.8. The van der Waals surface area contributed by atoms with E-state index in [1.54, 1.807) is 6.92 Å². The number of piperidine rings is 1. The van der Waals surface area contributed by atoms with E-state index in [0.717, 1.165) is 63.0 Å². The lowest BCUT2D eigenvalue weighted by Crippen LogP contribution is -2.55. The average molecular weight is 622 g/mol. The van der Waals surface area contributed by atoms with Crippen molar-refractivity contribution >= 4 is 29.3 Å². The van der Waals surface area contributed by atoms with Crippen LogP contribution in [0.3, 0.4) is 0 Å². The molecule has 3 amide bonds. The van der Waals surface area contributed by atoms with Crippen LogP contribution >= 0.6 is 11.6 Å². The minimum Gasteiger partial charge on any atom is -0.344 e. The number of hydrogen-bond acceptors (Lipinski definition) is 5. The molecular weight excluding hydrogens is 574 g/mol. The third-order valence-electron chi connectivity index (χ3n) is 9.49. The number of carbonyl (C=O) groups is 3. The van der Waals surface area contributed by atoms with E-state index in [-0.39, 0.29) is 30.2 Å². The summed E-state index contributed by atoms with van der Waals surface area (Å²) in [4.78, 5) is 46.0. The molecule has 5 rings (SSSR count). The maximum Gasteiger partial charge on any atom is 0.245 e. The van der Waals surface area contributed by atoms with Crippen molar-refractivity contribution < 1.29 is 14.4 Å². The van der Waals surface area contributed by atoms with Crippen LogP contribution in [-0.2, 0) is 27.2 Å². The second-order valence-corrected chi connectivity index (χ2v) is 13.6. The molecule has 0 saturated carbocycles. The topological polar surface area (TPSA) is 85.0 Å². The van der Waals surface area contributed by atoms with Gasteiger partial charge in [-0.05, 0) is 67.0 Å². The molecule has 44 heavy (non-hydrogen) atoms. The maximum absolute atomic E-state index is 14.0. The van der Waals surface area contributed by atoms with Crippen molar-refractivity contribution in [2.24, 2.45) is 5.92 Å². The lowest BCUT2D eigenvalue weighted by Gasteiger charge is -2.43. The summed E-state index contributed by atoms with van der Waals surface area (Å²) in [7, 11) is 0. The molecule has 2 aromatic rings. The zero-order chi connectivity index (χ0) is 31.2. The van der Waals surface area contributed by atoms with Gasteiger partial charge >= 0.3 is 0 Å². The molecule has 9 heteroatoms. The molecule has 3 heterocycles. The highest BCUT2D eigenvalue weighted by Crippen LogP contribution is 2.27. The number of halogens is 1. The Morgan fingerprint density at radius 2 is 1.66 bits per heavy atom. The molecule has 3 atom stereocenters. The fourth-order valence-corrected chi connectivity index (χ4v) is 7.35. The lowest BCUT2D eigenvalue weighted by atomic mass is 9.92. The molecule has 0 spiro atoms. The van der Waals surface area contributed by atoms with Crippen LogP contribution in [0.5, 0.6) is 0 Å². The van der Waals surface area contributed by atoms with E-state index in [1.807, 2.05) is 46.2 Å². The third-order valence-corrected chi connectivity index (χ3v) is 9.74. The van der Waals surface area contributed by atoms with E-state index in [9.17, 15) is 14.4 Å². The zero-order valence-electron chi connectivity index (χ0n) is 26.4. The van der Waals surface area contributed by atoms with Gasteiger partial charge in [0.15, 0.2) is 0 Å². The average Bonchev–Trinajstić information content (AvgIpc) is 3.51. The smallest absolute Gasteiger partial charge is 0.245 e. The largest absolute Gasteiger partial charge is 0.344 e. The van der Waals surface area contributed by atoms with Crippen LogP contribution < -0.4 is 10.6 Å². The molecule has 0 aliphatic carbocycles. The Bertz CT molecular complexity index is 1290. The number of rotatable bonds is 10. The molecule has 2 saturated heterocycles. The van der Waals surface area contributed by atoms with E-state index >= 15 is 0 Å². The predicted octanol–water partition coefficient (Wildman–Crippen LogP) is 4.21. The molecule has 3 unspecified atom stereocenters. The highest BCUT2D eigenvalue weighted by atomic mass is 35.5. The summed E-state index contributed by atoms with van der Waals surface area (Å²) in [6.45, 7) is 10.9. The van der Waals surface area contributed by atoms with Crippen LogP contribution in [0.25, 0.3) is 0 Å². The minimum atomic E-state index is -0.648. The molecule has 3 aliphatic heterocycles. The number of benzene rings is 2. The molecule has 238 valence electrons. The van der Waals surface area contributed by atoms with Gasteiger partial charge in [-0.1, -0.05) is 61.8 Å². The predicted molar refractivity (Wildman–Crippen MR) is 174 cm³/mol. The van der Waals surface area contributed by atoms with Gasteiger partial charge in [0.2, 0.25) is 17.7 Å². The van der Waals surface area contributed by atoms with Gasteiger partial charge in [0, 0.05) is 75.6 Å². The molecule has 8 nitrogen and oxygen atoms in total. The molecule has 0 bridgehead atoms. The monoisotopic (exact) mass is 621 g/mol. The Kier molecular flexibility index (Phi) is 11.0. The van der Waals surface area contributed by atoms with Crippen LogP contribution in [0.2, 0.25) is 5.02 Å². The Balaban J connectivity index is 1.24. The summed E-state index contributed by atoms with van der Waals surface area (Å²) < 4.78 is 0. The van der Waals surface area contributed by atoms with E-state index in [0.29, 0.717) is 42.5 Å². The fourth-order valence-electron chi connectivity index (χ4n) is 7.22. The lowest BCUT2D eigenvalue weighted by molar-refractivity contribution is -0.138. The molecule has 0 radical (unpaired) electrons. The molecule has 2 aromatic carbocycles. The zero-order valence-corrected chi connectivity index (χ0v) is 27.2. The van der Waals surface area contributed by atoms with Crippen molar-refractivity contribution in [2.45, 2.75) is 83.5 Å². The summed E-state index contributed by atoms with van der Waals surface area (Å²) in [5.41, 5.74) is 3.40. The van der Waals surface area contributed by atoms with E-state index < -0.39 is 6.04 Å². The maximum atomic E-state index is 14.0. The number of nitrogens with zero attached hydrogens (tertiary/aromatic N) is 3. The van der Waals surface area contributed by atoms with Crippen molar-refractivity contribution in [1.82, 2.24) is 25.3 Å². The molecule has 2 fully saturated rings. The molecule has 2 N–H and O–H groups in total. The number of amides is 3. The quantitative estimate of drug-likeness (QED) is 0.415. The Hall–Kier alpha value is -2.94. The number of nitrogens with one attached hydrogen (secondary N) is 2. The van der Waals surface area contributed by atoms with E-state index in [2.05, 4.69) is 41.5 Å². The first-order valence-electron chi connectivity index (χ1n) is 16.3. The van der Waals surface area contributed by atoms with E-state index in [1.165, 1.54) is 5.56 Å². The van der Waals surface area contributed by atoms with Crippen molar-refractivity contribution in [3.63, 3.8) is 0 Å². The van der Waals surface area contributed by atoms with Gasteiger partial charge in [0.05, 0.1) is 0 Å². The van der Waals surface area contributed by atoms with E-state index in [4.69, 9.17) is 11.6 Å². The Labute approximate surface area is 267 Å². The minimum absolute atomic E-state index is 0.0252. The number of carbonyl (C=O) groups excluding carboxylic acids is 3. The molecular formula is C35H48ClN5O3. The summed E-state index contributed by atoms with van der Waals surface area (Å²) in [5, 5.41) is 7.26. The van der Waals surface area contributed by atoms with Crippen LogP contribution in [0, 0.1) is 5.92 Å². The third kappa shape index (κ3) is 8.20. The van der Waals surface area contributed by atoms with Gasteiger partial charge in [-0.15, -0.1) is 0 Å². The highest BCUT2D eigenvalue weighted by Gasteiger charge is 2.37. The number of likely N-dealkylation sites (tertiary alicyclic amines) is 2. The number of fused-ring (bicyclic) bond motifs is 1. The van der Waals surface area contributed by atoms with Gasteiger partial charge < -0.3 is 20.4 Å². The SMILES string of the molecule is CC(=O)N1CCC(N(CC(C)C)C2CCN(C(=O)C(Cc3ccc(Cl)cc3)NC(=O)CC3NCCc4ccccc43)CC2)C1. The Morgan fingerprint density at radius 3 is 2.34 bits per heavy atom. The highest BCUT2D eigenvalue weighted by molar-refractivity contribution is 6.30.